The third-order valence-electron chi connectivity index (χ3n) is 5.60. The van der Waals surface area contributed by atoms with Gasteiger partial charge in [-0.2, -0.15) is 27.1 Å². The van der Waals surface area contributed by atoms with Crippen LogP contribution in [0.4, 0.5) is 27.6 Å². The third-order valence-corrected chi connectivity index (χ3v) is 5.60. The lowest BCUT2D eigenvalue weighted by Crippen LogP contribution is -2.16. The summed E-state index contributed by atoms with van der Waals surface area (Å²) < 4.78 is 77.4. The lowest BCUT2D eigenvalue weighted by Gasteiger charge is -2.14. The zero-order chi connectivity index (χ0) is 27.6. The number of aromatic nitrogens is 3. The van der Waals surface area contributed by atoms with Crippen LogP contribution >= 0.6 is 0 Å². The van der Waals surface area contributed by atoms with Gasteiger partial charge in [0.05, 0.1) is 18.5 Å². The van der Waals surface area contributed by atoms with Crippen molar-refractivity contribution in [2.24, 2.45) is 0 Å². The molecule has 0 radical (unpaired) electrons. The zero-order valence-corrected chi connectivity index (χ0v) is 20.5. The lowest BCUT2D eigenvalue weighted by molar-refractivity contribution is -0.142. The van der Waals surface area contributed by atoms with Gasteiger partial charge in [-0.1, -0.05) is 38.1 Å². The number of alkyl halides is 5. The topological polar surface area (TPSA) is 77.8 Å². The summed E-state index contributed by atoms with van der Waals surface area (Å²) in [6.07, 6.45) is -3.79. The van der Waals surface area contributed by atoms with Crippen LogP contribution in [0.1, 0.15) is 48.3 Å². The summed E-state index contributed by atoms with van der Waals surface area (Å²) in [5, 5.41) is 6.28. The first-order valence-corrected chi connectivity index (χ1v) is 11.6. The normalized spacial score (nSPS) is 11.8. The predicted octanol–water partition coefficient (Wildman–Crippen LogP) is 6.79. The van der Waals surface area contributed by atoms with Gasteiger partial charge in [0.1, 0.15) is 5.56 Å². The van der Waals surface area contributed by atoms with Crippen LogP contribution in [0.5, 0.6) is 11.5 Å². The Balaban J connectivity index is 1.74. The molecule has 0 aliphatic rings. The average molecular weight is 534 g/mol. The molecule has 200 valence electrons. The van der Waals surface area contributed by atoms with Crippen molar-refractivity contribution in [3.63, 3.8) is 0 Å². The van der Waals surface area contributed by atoms with E-state index in [1.54, 1.807) is 31.2 Å². The van der Waals surface area contributed by atoms with Crippen LogP contribution in [0.15, 0.2) is 54.7 Å². The van der Waals surface area contributed by atoms with Crippen LogP contribution in [0, 0.1) is 0 Å². The highest BCUT2D eigenvalue weighted by Crippen LogP contribution is 2.34. The number of fused-ring (bicyclic) bond motifs is 1. The number of rotatable bonds is 8. The fourth-order valence-electron chi connectivity index (χ4n) is 3.76. The van der Waals surface area contributed by atoms with Gasteiger partial charge in [0.25, 0.3) is 5.91 Å². The summed E-state index contributed by atoms with van der Waals surface area (Å²) in [6, 6.07) is 11.6. The van der Waals surface area contributed by atoms with Crippen molar-refractivity contribution in [1.82, 2.24) is 14.6 Å². The number of anilines is 1. The first kappa shape index (κ1) is 26.8. The number of carbonyl (C=O) groups is 1. The Labute approximate surface area is 214 Å². The van der Waals surface area contributed by atoms with E-state index in [1.807, 2.05) is 13.8 Å². The molecule has 12 heteroatoms. The molecule has 38 heavy (non-hydrogen) atoms. The summed E-state index contributed by atoms with van der Waals surface area (Å²) in [4.78, 5) is 17.4. The minimum atomic E-state index is -4.78. The van der Waals surface area contributed by atoms with Crippen molar-refractivity contribution >= 4 is 17.2 Å². The Bertz CT molecular complexity index is 1450. The number of carbonyl (C=O) groups excluding carboxylic acids is 1. The molecule has 4 aromatic rings. The molecule has 7 nitrogen and oxygen atoms in total. The SMILES string of the molecule is CCOc1cc(NC(=O)c2cnn3c(C(F)(F)F)cc(-c4ccc(C(C)C)cc4)nc23)ccc1OC(F)F. The van der Waals surface area contributed by atoms with Gasteiger partial charge in [-0.25, -0.2) is 9.50 Å². The van der Waals surface area contributed by atoms with E-state index in [0.717, 1.165) is 17.8 Å². The van der Waals surface area contributed by atoms with E-state index < -0.39 is 24.4 Å². The predicted molar refractivity (Wildman–Crippen MR) is 130 cm³/mol. The third kappa shape index (κ3) is 5.68. The van der Waals surface area contributed by atoms with E-state index in [4.69, 9.17) is 4.74 Å². The van der Waals surface area contributed by atoms with E-state index in [-0.39, 0.29) is 46.6 Å². The molecular weight excluding hydrogens is 511 g/mol. The van der Waals surface area contributed by atoms with E-state index in [9.17, 15) is 26.7 Å². The lowest BCUT2D eigenvalue weighted by atomic mass is 10.0. The van der Waals surface area contributed by atoms with Gasteiger partial charge in [0.2, 0.25) is 0 Å². The van der Waals surface area contributed by atoms with E-state index in [1.165, 1.54) is 18.2 Å². The van der Waals surface area contributed by atoms with Crippen LogP contribution in [0.25, 0.3) is 16.9 Å². The standard InChI is InChI=1S/C26H23F5N4O3/c1-4-37-21-11-17(9-10-20(21)38-25(27)28)33-24(36)18-13-32-35-22(26(29,30)31)12-19(34-23(18)35)16-7-5-15(6-8-16)14(2)3/h5-14,25H,4H2,1-3H3,(H,33,36). The number of benzene rings is 2. The highest BCUT2D eigenvalue weighted by molar-refractivity contribution is 6.08. The number of hydrogen-bond donors (Lipinski definition) is 1. The molecule has 1 N–H and O–H groups in total. The van der Waals surface area contributed by atoms with Crippen LogP contribution in [0.3, 0.4) is 0 Å². The highest BCUT2D eigenvalue weighted by atomic mass is 19.4. The second kappa shape index (κ2) is 10.6. The second-order valence-corrected chi connectivity index (χ2v) is 8.52. The van der Waals surface area contributed by atoms with Crippen molar-refractivity contribution < 1.29 is 36.2 Å². The van der Waals surface area contributed by atoms with Gasteiger partial charge < -0.3 is 14.8 Å². The van der Waals surface area contributed by atoms with Gasteiger partial charge in [-0.15, -0.1) is 0 Å². The van der Waals surface area contributed by atoms with E-state index in [0.29, 0.717) is 10.1 Å². The molecule has 0 aliphatic carbocycles. The van der Waals surface area contributed by atoms with Gasteiger partial charge in [0, 0.05) is 17.3 Å². The van der Waals surface area contributed by atoms with Gasteiger partial charge in [-0.3, -0.25) is 4.79 Å². The smallest absolute Gasteiger partial charge is 0.433 e. The molecule has 0 fully saturated rings. The first-order valence-electron chi connectivity index (χ1n) is 11.6. The number of ether oxygens (including phenoxy) is 2. The van der Waals surface area contributed by atoms with Crippen molar-refractivity contribution in [3.05, 3.63) is 71.5 Å². The molecule has 0 spiro atoms. The summed E-state index contributed by atoms with van der Waals surface area (Å²) in [5.74, 6) is -0.858. The molecule has 2 heterocycles. The highest BCUT2D eigenvalue weighted by Gasteiger charge is 2.36. The average Bonchev–Trinajstić information content (AvgIpc) is 3.28. The van der Waals surface area contributed by atoms with Crippen molar-refractivity contribution in [2.75, 3.05) is 11.9 Å². The quantitative estimate of drug-likeness (QED) is 0.252. The largest absolute Gasteiger partial charge is 0.490 e. The van der Waals surface area contributed by atoms with Gasteiger partial charge in [0.15, 0.2) is 22.8 Å². The molecule has 0 unspecified atom stereocenters. The Kier molecular flexibility index (Phi) is 7.51. The van der Waals surface area contributed by atoms with Crippen molar-refractivity contribution in [2.45, 2.75) is 39.5 Å². The molecule has 2 aromatic heterocycles. The van der Waals surface area contributed by atoms with Crippen molar-refractivity contribution in [3.8, 4) is 22.8 Å². The Hall–Kier alpha value is -4.22. The van der Waals surface area contributed by atoms with Crippen LogP contribution in [0.2, 0.25) is 0 Å². The molecule has 1 amide bonds. The summed E-state index contributed by atoms with van der Waals surface area (Å²) in [6.45, 7) is 2.67. The maximum Gasteiger partial charge on any atom is 0.433 e. The number of halogens is 5. The van der Waals surface area contributed by atoms with Crippen LogP contribution in [-0.2, 0) is 6.18 Å². The monoisotopic (exact) mass is 534 g/mol. The van der Waals surface area contributed by atoms with Crippen molar-refractivity contribution in [1.29, 1.82) is 0 Å². The number of nitrogens with zero attached hydrogens (tertiary/aromatic N) is 3. The fraction of sp³-hybridized carbons (Fsp3) is 0.269. The molecule has 0 bridgehead atoms. The summed E-state index contributed by atoms with van der Waals surface area (Å²) in [7, 11) is 0. The maximum atomic E-state index is 13.9. The number of hydrogen-bond acceptors (Lipinski definition) is 5. The van der Waals surface area contributed by atoms with Crippen LogP contribution < -0.4 is 14.8 Å². The maximum absolute atomic E-state index is 13.9. The minimum absolute atomic E-state index is 0.0156. The molecular formula is C26H23F5N4O3. The Morgan fingerprint density at radius 3 is 2.37 bits per heavy atom. The van der Waals surface area contributed by atoms with E-state index in [2.05, 4.69) is 20.1 Å². The van der Waals surface area contributed by atoms with Gasteiger partial charge >= 0.3 is 12.8 Å². The number of amides is 1. The first-order chi connectivity index (χ1) is 18.0. The molecule has 0 saturated heterocycles. The molecule has 0 aliphatic heterocycles. The summed E-state index contributed by atoms with van der Waals surface area (Å²) in [5.41, 5.74) is -0.0306. The minimum Gasteiger partial charge on any atom is -0.490 e. The van der Waals surface area contributed by atoms with Crippen LogP contribution in [-0.4, -0.2) is 33.7 Å². The molecule has 2 aromatic carbocycles. The van der Waals surface area contributed by atoms with Gasteiger partial charge in [-0.05, 0) is 36.6 Å². The Morgan fingerprint density at radius 1 is 1.05 bits per heavy atom. The summed E-state index contributed by atoms with van der Waals surface area (Å²) >= 11 is 0. The molecule has 0 saturated carbocycles. The molecule has 0 atom stereocenters. The molecule has 4 rings (SSSR count). The second-order valence-electron chi connectivity index (χ2n) is 8.52. The Morgan fingerprint density at radius 2 is 1.76 bits per heavy atom. The fourth-order valence-corrected chi connectivity index (χ4v) is 3.76. The number of nitrogens with one attached hydrogen (secondary N) is 1. The zero-order valence-electron chi connectivity index (χ0n) is 20.5. The van der Waals surface area contributed by atoms with E-state index >= 15 is 0 Å².